The van der Waals surface area contributed by atoms with E-state index in [-0.39, 0.29) is 22.0 Å². The van der Waals surface area contributed by atoms with Gasteiger partial charge in [0.2, 0.25) is 12.8 Å². The lowest BCUT2D eigenvalue weighted by Crippen LogP contribution is -2.43. The first-order chi connectivity index (χ1) is 15.3. The quantitative estimate of drug-likeness (QED) is 0.537. The number of ketones is 1. The molecule has 12 heteroatoms. The van der Waals surface area contributed by atoms with Gasteiger partial charge in [0.05, 0.1) is 17.0 Å². The zero-order valence-electron chi connectivity index (χ0n) is 17.6. The Balaban J connectivity index is 2.42. The normalized spacial score (nSPS) is 12.8. The average Bonchev–Trinajstić information content (AvgIpc) is 2.72. The molecule has 2 rings (SSSR count). The predicted molar refractivity (Wildman–Crippen MR) is 109 cm³/mol. The van der Waals surface area contributed by atoms with E-state index in [0.717, 1.165) is 37.3 Å². The number of amides is 1. The molecule has 180 valence electrons. The van der Waals surface area contributed by atoms with E-state index >= 15 is 0 Å². The first-order valence-electron chi connectivity index (χ1n) is 9.51. The Morgan fingerprint density at radius 1 is 1.12 bits per heavy atom. The largest absolute Gasteiger partial charge is 0.508 e. The SMILES string of the molecule is CC(=O)CN(C(=O)C(C)Cc1cc(C(F)(F)F)ccc1OCF)S(=O)(=O)c1ccc(O)cc1. The number of carbonyl (C=O) groups excluding carboxylic acids is 2. The summed E-state index contributed by atoms with van der Waals surface area (Å²) in [7, 11) is -4.52. The van der Waals surface area contributed by atoms with Gasteiger partial charge in [-0.3, -0.25) is 9.59 Å². The number of aromatic hydroxyl groups is 1. The number of rotatable bonds is 9. The fraction of sp³-hybridized carbons (Fsp3) is 0.333. The van der Waals surface area contributed by atoms with Crippen LogP contribution in [-0.4, -0.2) is 42.9 Å². The van der Waals surface area contributed by atoms with Crippen molar-refractivity contribution >= 4 is 21.7 Å². The number of hydrogen-bond acceptors (Lipinski definition) is 6. The molecule has 0 saturated heterocycles. The number of phenolic OH excluding ortho intramolecular Hbond substituents is 1. The molecule has 0 aliphatic carbocycles. The number of carbonyl (C=O) groups is 2. The molecule has 0 bridgehead atoms. The first-order valence-corrected chi connectivity index (χ1v) is 10.9. The van der Waals surface area contributed by atoms with E-state index in [4.69, 9.17) is 4.74 Å². The molecule has 1 amide bonds. The fourth-order valence-electron chi connectivity index (χ4n) is 3.01. The third-order valence-corrected chi connectivity index (χ3v) is 6.34. The van der Waals surface area contributed by atoms with Crippen LogP contribution in [0.3, 0.4) is 0 Å². The van der Waals surface area contributed by atoms with Crippen molar-refractivity contribution in [3.63, 3.8) is 0 Å². The fourth-order valence-corrected chi connectivity index (χ4v) is 4.51. The summed E-state index contributed by atoms with van der Waals surface area (Å²) in [5.41, 5.74) is -1.21. The van der Waals surface area contributed by atoms with Gasteiger partial charge in [0, 0.05) is 5.92 Å². The Labute approximate surface area is 187 Å². The van der Waals surface area contributed by atoms with E-state index in [0.29, 0.717) is 16.4 Å². The van der Waals surface area contributed by atoms with Gasteiger partial charge >= 0.3 is 6.18 Å². The molecule has 1 unspecified atom stereocenters. The molecule has 0 radical (unpaired) electrons. The zero-order chi connectivity index (χ0) is 25.0. The van der Waals surface area contributed by atoms with Gasteiger partial charge in [-0.2, -0.15) is 13.2 Å². The molecule has 0 heterocycles. The third-order valence-electron chi connectivity index (χ3n) is 4.58. The van der Waals surface area contributed by atoms with Gasteiger partial charge in [-0.1, -0.05) is 6.92 Å². The van der Waals surface area contributed by atoms with Gasteiger partial charge in [-0.25, -0.2) is 17.1 Å². The van der Waals surface area contributed by atoms with E-state index in [1.165, 1.54) is 6.92 Å². The summed E-state index contributed by atoms with van der Waals surface area (Å²) in [5.74, 6) is -3.39. The van der Waals surface area contributed by atoms with Gasteiger partial charge in [-0.15, -0.1) is 0 Å². The second-order valence-corrected chi connectivity index (χ2v) is 9.09. The van der Waals surface area contributed by atoms with Gasteiger partial charge < -0.3 is 9.84 Å². The smallest absolute Gasteiger partial charge is 0.416 e. The van der Waals surface area contributed by atoms with Crippen molar-refractivity contribution in [3.8, 4) is 11.5 Å². The highest BCUT2D eigenvalue weighted by atomic mass is 32.2. The number of benzene rings is 2. The summed E-state index contributed by atoms with van der Waals surface area (Å²) in [6.07, 6.45) is -5.13. The highest BCUT2D eigenvalue weighted by molar-refractivity contribution is 7.89. The second kappa shape index (κ2) is 10.2. The van der Waals surface area contributed by atoms with Crippen molar-refractivity contribution in [3.05, 3.63) is 53.6 Å². The van der Waals surface area contributed by atoms with Crippen molar-refractivity contribution < 1.29 is 45.4 Å². The van der Waals surface area contributed by atoms with Gasteiger partial charge in [0.15, 0.2) is 0 Å². The molecule has 0 spiro atoms. The van der Waals surface area contributed by atoms with Crippen molar-refractivity contribution in [2.24, 2.45) is 5.92 Å². The minimum absolute atomic E-state index is 0.159. The number of halogens is 4. The van der Waals surface area contributed by atoms with E-state index in [2.05, 4.69) is 0 Å². The van der Waals surface area contributed by atoms with Crippen LogP contribution in [0.4, 0.5) is 17.6 Å². The highest BCUT2D eigenvalue weighted by Gasteiger charge is 2.35. The van der Waals surface area contributed by atoms with Crippen LogP contribution in [-0.2, 0) is 32.2 Å². The van der Waals surface area contributed by atoms with Gasteiger partial charge in [0.1, 0.15) is 17.3 Å². The van der Waals surface area contributed by atoms with E-state index in [1.54, 1.807) is 0 Å². The number of nitrogens with zero attached hydrogens (tertiary/aromatic N) is 1. The molecule has 0 saturated carbocycles. The summed E-state index contributed by atoms with van der Waals surface area (Å²) in [6.45, 7) is 0.202. The number of phenols is 1. The number of hydrogen-bond donors (Lipinski definition) is 1. The Bertz CT molecular complexity index is 1120. The predicted octanol–water partition coefficient (Wildman–Crippen LogP) is 3.70. The molecule has 2 aromatic rings. The summed E-state index contributed by atoms with van der Waals surface area (Å²) < 4.78 is 83.0. The lowest BCUT2D eigenvalue weighted by molar-refractivity contribution is -0.137. The maximum Gasteiger partial charge on any atom is 0.416 e. The van der Waals surface area contributed by atoms with Crippen LogP contribution in [0, 0.1) is 5.92 Å². The Morgan fingerprint density at radius 2 is 1.73 bits per heavy atom. The molecule has 0 aromatic heterocycles. The van der Waals surface area contributed by atoms with E-state index in [9.17, 15) is 40.7 Å². The maximum absolute atomic E-state index is 13.1. The zero-order valence-corrected chi connectivity index (χ0v) is 18.4. The standard InChI is InChI=1S/C21H21F4NO6S/c1-13(9-15-10-16(21(23,24)25)3-8-19(15)32-12-22)20(29)26(11-14(2)27)33(30,31)18-6-4-17(28)5-7-18/h3-8,10,13,28H,9,11-12H2,1-2H3. The Kier molecular flexibility index (Phi) is 8.06. The van der Waals surface area contributed by atoms with Crippen LogP contribution in [0.1, 0.15) is 25.0 Å². The molecule has 0 aliphatic rings. The molecule has 33 heavy (non-hydrogen) atoms. The summed E-state index contributed by atoms with van der Waals surface area (Å²) >= 11 is 0. The van der Waals surface area contributed by atoms with E-state index < -0.39 is 59.2 Å². The number of sulfonamides is 1. The van der Waals surface area contributed by atoms with Crippen LogP contribution in [0.5, 0.6) is 11.5 Å². The average molecular weight is 491 g/mol. The number of Topliss-reactive ketones (excluding diaryl/α,β-unsaturated/α-hetero) is 1. The molecule has 2 aromatic carbocycles. The third kappa shape index (κ3) is 6.44. The molecule has 0 fully saturated rings. The lowest BCUT2D eigenvalue weighted by atomic mass is 9.97. The first kappa shape index (κ1) is 26.1. The summed E-state index contributed by atoms with van der Waals surface area (Å²) in [5, 5.41) is 9.37. The van der Waals surface area contributed by atoms with Crippen molar-refractivity contribution in [1.82, 2.24) is 4.31 Å². The van der Waals surface area contributed by atoms with Crippen LogP contribution in [0.2, 0.25) is 0 Å². The van der Waals surface area contributed by atoms with Gasteiger partial charge in [0.25, 0.3) is 10.0 Å². The highest BCUT2D eigenvalue weighted by Crippen LogP contribution is 2.34. The Morgan fingerprint density at radius 3 is 2.24 bits per heavy atom. The minimum atomic E-state index is -4.71. The van der Waals surface area contributed by atoms with Crippen LogP contribution in [0.15, 0.2) is 47.4 Å². The second-order valence-electron chi connectivity index (χ2n) is 7.22. The molecular formula is C21H21F4NO6S. The summed E-state index contributed by atoms with van der Waals surface area (Å²) in [6, 6.07) is 6.53. The number of alkyl halides is 4. The topological polar surface area (TPSA) is 101 Å². The van der Waals surface area contributed by atoms with Crippen LogP contribution < -0.4 is 4.74 Å². The van der Waals surface area contributed by atoms with Crippen molar-refractivity contribution in [2.45, 2.75) is 31.3 Å². The lowest BCUT2D eigenvalue weighted by Gasteiger charge is -2.25. The van der Waals surface area contributed by atoms with Crippen molar-refractivity contribution in [1.29, 1.82) is 0 Å². The molecular weight excluding hydrogens is 470 g/mol. The van der Waals surface area contributed by atoms with Crippen molar-refractivity contribution in [2.75, 3.05) is 13.4 Å². The molecule has 1 atom stereocenters. The van der Waals surface area contributed by atoms with Gasteiger partial charge in [-0.05, 0) is 61.4 Å². The van der Waals surface area contributed by atoms with E-state index in [1.807, 2.05) is 0 Å². The molecule has 0 aliphatic heterocycles. The maximum atomic E-state index is 13.1. The monoisotopic (exact) mass is 491 g/mol. The molecule has 1 N–H and O–H groups in total. The minimum Gasteiger partial charge on any atom is -0.508 e. The van der Waals surface area contributed by atoms with Crippen LogP contribution in [0.25, 0.3) is 0 Å². The van der Waals surface area contributed by atoms with Crippen LogP contribution >= 0.6 is 0 Å². The number of ether oxygens (including phenoxy) is 1. The Hall–Kier alpha value is -3.15. The molecule has 7 nitrogen and oxygen atoms in total. The summed E-state index contributed by atoms with van der Waals surface area (Å²) in [4.78, 5) is 24.3.